The van der Waals surface area contributed by atoms with Gasteiger partial charge < -0.3 is 14.6 Å². The van der Waals surface area contributed by atoms with Crippen LogP contribution in [0.3, 0.4) is 0 Å². The predicted octanol–water partition coefficient (Wildman–Crippen LogP) is 3.31. The molecule has 2 amide bonds. The van der Waals surface area contributed by atoms with E-state index >= 15 is 0 Å². The zero-order valence-corrected chi connectivity index (χ0v) is 18.3. The minimum absolute atomic E-state index is 0.00645. The van der Waals surface area contributed by atoms with Gasteiger partial charge in [0.25, 0.3) is 15.9 Å². The van der Waals surface area contributed by atoms with E-state index in [0.717, 1.165) is 11.3 Å². The Bertz CT molecular complexity index is 1250. The molecule has 32 heavy (non-hydrogen) atoms. The summed E-state index contributed by atoms with van der Waals surface area (Å²) in [6.45, 7) is 2.52. The van der Waals surface area contributed by atoms with Gasteiger partial charge in [0.05, 0.1) is 29.0 Å². The van der Waals surface area contributed by atoms with Gasteiger partial charge in [0.15, 0.2) is 0 Å². The molecule has 2 aromatic carbocycles. The van der Waals surface area contributed by atoms with E-state index in [0.29, 0.717) is 25.1 Å². The van der Waals surface area contributed by atoms with Crippen LogP contribution in [-0.2, 0) is 27.8 Å². The summed E-state index contributed by atoms with van der Waals surface area (Å²) in [6.07, 6.45) is 2.49. The van der Waals surface area contributed by atoms with E-state index in [2.05, 4.69) is 10.0 Å². The summed E-state index contributed by atoms with van der Waals surface area (Å²) >= 11 is 0. The highest BCUT2D eigenvalue weighted by atomic mass is 32.2. The minimum Gasteiger partial charge on any atom is -0.467 e. The highest BCUT2D eigenvalue weighted by Crippen LogP contribution is 2.31. The molecule has 0 unspecified atom stereocenters. The maximum atomic E-state index is 13.1. The fraction of sp³-hybridized carbons (Fsp3) is 0.217. The van der Waals surface area contributed by atoms with Crippen LogP contribution < -0.4 is 14.9 Å². The van der Waals surface area contributed by atoms with Crippen LogP contribution in [0.4, 0.5) is 11.4 Å². The third kappa shape index (κ3) is 4.38. The Balaban J connectivity index is 1.54. The van der Waals surface area contributed by atoms with Gasteiger partial charge in [-0.1, -0.05) is 19.1 Å². The van der Waals surface area contributed by atoms with Gasteiger partial charge in [-0.15, -0.1) is 0 Å². The molecular weight excluding hydrogens is 430 g/mol. The fourth-order valence-corrected chi connectivity index (χ4v) is 4.77. The molecule has 1 aliphatic rings. The van der Waals surface area contributed by atoms with Crippen molar-refractivity contribution in [2.24, 2.45) is 0 Å². The molecule has 0 saturated carbocycles. The van der Waals surface area contributed by atoms with E-state index in [1.165, 1.54) is 18.4 Å². The standard InChI is InChI=1S/C23H23N3O5S/c1-2-22(27)26-12-11-16-14-18(9-10-21(16)26)32(29,30)25-20-8-4-3-7-19(20)23(28)24-15-17-6-5-13-31-17/h3-10,13-14,25H,2,11-12,15H2,1H3,(H,24,28). The lowest BCUT2D eigenvalue weighted by Crippen LogP contribution is -2.27. The molecule has 0 aliphatic carbocycles. The third-order valence-corrected chi connectivity index (χ3v) is 6.64. The third-order valence-electron chi connectivity index (χ3n) is 5.28. The Morgan fingerprint density at radius 2 is 1.91 bits per heavy atom. The van der Waals surface area contributed by atoms with Gasteiger partial charge in [0.1, 0.15) is 5.76 Å². The van der Waals surface area contributed by atoms with E-state index in [4.69, 9.17) is 4.42 Å². The van der Waals surface area contributed by atoms with Crippen molar-refractivity contribution < 1.29 is 22.4 Å². The summed E-state index contributed by atoms with van der Waals surface area (Å²) < 4.78 is 33.8. The van der Waals surface area contributed by atoms with Crippen LogP contribution in [0.5, 0.6) is 0 Å². The number of furan rings is 1. The van der Waals surface area contributed by atoms with Gasteiger partial charge in [-0.25, -0.2) is 8.42 Å². The zero-order valence-electron chi connectivity index (χ0n) is 17.5. The van der Waals surface area contributed by atoms with Gasteiger partial charge in [0, 0.05) is 18.7 Å². The van der Waals surface area contributed by atoms with Crippen molar-refractivity contribution in [1.82, 2.24) is 5.32 Å². The average Bonchev–Trinajstić information content (AvgIpc) is 3.46. The number of rotatable bonds is 7. The fourth-order valence-electron chi connectivity index (χ4n) is 3.64. The van der Waals surface area contributed by atoms with Crippen molar-refractivity contribution in [2.75, 3.05) is 16.2 Å². The second kappa shape index (κ2) is 8.88. The van der Waals surface area contributed by atoms with Gasteiger partial charge in [-0.05, 0) is 54.4 Å². The molecule has 8 nitrogen and oxygen atoms in total. The Labute approximate surface area is 186 Å². The molecule has 0 radical (unpaired) electrons. The smallest absolute Gasteiger partial charge is 0.261 e. The van der Waals surface area contributed by atoms with Crippen LogP contribution >= 0.6 is 0 Å². The number of amides is 2. The van der Waals surface area contributed by atoms with Gasteiger partial charge >= 0.3 is 0 Å². The molecule has 166 valence electrons. The molecule has 0 fully saturated rings. The number of carbonyl (C=O) groups excluding carboxylic acids is 2. The molecule has 2 N–H and O–H groups in total. The van der Waals surface area contributed by atoms with Crippen LogP contribution in [0, 0.1) is 0 Å². The van der Waals surface area contributed by atoms with Crippen molar-refractivity contribution >= 4 is 33.2 Å². The van der Waals surface area contributed by atoms with Crippen molar-refractivity contribution in [3.63, 3.8) is 0 Å². The van der Waals surface area contributed by atoms with Gasteiger partial charge in [-0.2, -0.15) is 0 Å². The predicted molar refractivity (Wildman–Crippen MR) is 120 cm³/mol. The highest BCUT2D eigenvalue weighted by molar-refractivity contribution is 7.92. The maximum Gasteiger partial charge on any atom is 0.261 e. The molecule has 0 saturated heterocycles. The van der Waals surface area contributed by atoms with Crippen LogP contribution in [0.2, 0.25) is 0 Å². The molecule has 1 aromatic heterocycles. The number of anilines is 2. The summed E-state index contributed by atoms with van der Waals surface area (Å²) in [7, 11) is -3.94. The van der Waals surface area contributed by atoms with Crippen LogP contribution in [0.15, 0.2) is 70.2 Å². The number of fused-ring (bicyclic) bond motifs is 1. The Morgan fingerprint density at radius 3 is 2.66 bits per heavy atom. The molecule has 1 aliphatic heterocycles. The van der Waals surface area contributed by atoms with E-state index in [1.807, 2.05) is 0 Å². The minimum atomic E-state index is -3.94. The zero-order chi connectivity index (χ0) is 22.7. The second-order valence-corrected chi connectivity index (χ2v) is 9.03. The van der Waals surface area contributed by atoms with E-state index < -0.39 is 15.9 Å². The molecule has 0 bridgehead atoms. The molecule has 2 heterocycles. The topological polar surface area (TPSA) is 109 Å². The Hall–Kier alpha value is -3.59. The van der Waals surface area contributed by atoms with Crippen molar-refractivity contribution in [3.8, 4) is 0 Å². The van der Waals surface area contributed by atoms with Crippen molar-refractivity contribution in [1.29, 1.82) is 0 Å². The Kier molecular flexibility index (Phi) is 6.00. The Morgan fingerprint density at radius 1 is 1.09 bits per heavy atom. The van der Waals surface area contributed by atoms with E-state index in [-0.39, 0.29) is 28.6 Å². The number of para-hydroxylation sites is 1. The number of nitrogens with zero attached hydrogens (tertiary/aromatic N) is 1. The van der Waals surface area contributed by atoms with Crippen LogP contribution in [0.1, 0.15) is 35.0 Å². The molecule has 4 rings (SSSR count). The summed E-state index contributed by atoms with van der Waals surface area (Å²) in [5, 5.41) is 2.72. The number of sulfonamides is 1. The number of nitrogens with one attached hydrogen (secondary N) is 2. The SMILES string of the molecule is CCC(=O)N1CCc2cc(S(=O)(=O)Nc3ccccc3C(=O)NCc3ccco3)ccc21. The number of hydrogen-bond donors (Lipinski definition) is 2. The first kappa shape index (κ1) is 21.6. The number of hydrogen-bond acceptors (Lipinski definition) is 5. The molecular formula is C23H23N3O5S. The van der Waals surface area contributed by atoms with Crippen molar-refractivity contribution in [2.45, 2.75) is 31.2 Å². The van der Waals surface area contributed by atoms with Crippen molar-refractivity contribution in [3.05, 3.63) is 77.7 Å². The summed E-state index contributed by atoms with van der Waals surface area (Å²) in [6, 6.07) is 14.6. The van der Waals surface area contributed by atoms with Crippen LogP contribution in [0.25, 0.3) is 0 Å². The molecule has 0 spiro atoms. The number of carbonyl (C=O) groups is 2. The van der Waals surface area contributed by atoms with Gasteiger partial charge in [0.2, 0.25) is 5.91 Å². The lowest BCUT2D eigenvalue weighted by molar-refractivity contribution is -0.118. The summed E-state index contributed by atoms with van der Waals surface area (Å²) in [4.78, 5) is 26.5. The molecule has 9 heteroatoms. The molecule has 3 aromatic rings. The first-order valence-electron chi connectivity index (χ1n) is 10.2. The molecule has 0 atom stereocenters. The van der Waals surface area contributed by atoms with Gasteiger partial charge in [-0.3, -0.25) is 14.3 Å². The highest BCUT2D eigenvalue weighted by Gasteiger charge is 2.26. The second-order valence-electron chi connectivity index (χ2n) is 7.35. The lowest BCUT2D eigenvalue weighted by atomic mass is 10.1. The lowest BCUT2D eigenvalue weighted by Gasteiger charge is -2.17. The first-order valence-corrected chi connectivity index (χ1v) is 11.7. The largest absolute Gasteiger partial charge is 0.467 e. The average molecular weight is 454 g/mol. The summed E-state index contributed by atoms with van der Waals surface area (Å²) in [5.74, 6) is 0.166. The normalized spacial score (nSPS) is 13.0. The maximum absolute atomic E-state index is 13.1. The monoisotopic (exact) mass is 453 g/mol. The number of benzene rings is 2. The van der Waals surface area contributed by atoms with Crippen LogP contribution in [-0.4, -0.2) is 26.8 Å². The quantitative estimate of drug-likeness (QED) is 0.571. The summed E-state index contributed by atoms with van der Waals surface area (Å²) in [5.41, 5.74) is 1.92. The van der Waals surface area contributed by atoms with E-state index in [9.17, 15) is 18.0 Å². The first-order chi connectivity index (χ1) is 15.4. The van der Waals surface area contributed by atoms with E-state index in [1.54, 1.807) is 54.3 Å².